The van der Waals surface area contributed by atoms with Gasteiger partial charge < -0.3 is 10.1 Å². The molecule has 1 aromatic heterocycles. The average Bonchev–Trinajstić information content (AvgIpc) is 2.80. The zero-order valence-electron chi connectivity index (χ0n) is 9.11. The Labute approximate surface area is 113 Å². The molecule has 0 radical (unpaired) electrons. The highest BCUT2D eigenvalue weighted by Gasteiger charge is 2.07. The first-order valence-corrected chi connectivity index (χ1v) is 5.77. The number of nitrogens with one attached hydrogen (secondary N) is 2. The second-order valence-electron chi connectivity index (χ2n) is 3.40. The second-order valence-corrected chi connectivity index (χ2v) is 4.24. The number of aromatic amines is 1. The van der Waals surface area contributed by atoms with Gasteiger partial charge in [0.25, 0.3) is 5.91 Å². The second kappa shape index (κ2) is 5.75. The lowest BCUT2D eigenvalue weighted by Crippen LogP contribution is -2.19. The molecule has 0 atom stereocenters. The van der Waals surface area contributed by atoms with Crippen LogP contribution in [0.25, 0.3) is 0 Å². The number of carbonyl (C=O) groups is 1. The summed E-state index contributed by atoms with van der Waals surface area (Å²) in [4.78, 5) is 11.5. The van der Waals surface area contributed by atoms with Gasteiger partial charge in [0, 0.05) is 11.2 Å². The highest BCUT2D eigenvalue weighted by molar-refractivity contribution is 6.35. The van der Waals surface area contributed by atoms with E-state index in [0.717, 1.165) is 0 Å². The van der Waals surface area contributed by atoms with Crippen LogP contribution < -0.4 is 10.1 Å². The van der Waals surface area contributed by atoms with Gasteiger partial charge in [0.2, 0.25) is 0 Å². The van der Waals surface area contributed by atoms with Crippen LogP contribution in [0.1, 0.15) is 0 Å². The number of halogens is 2. The molecule has 1 aromatic carbocycles. The smallest absolute Gasteiger partial charge is 0.262 e. The summed E-state index contributed by atoms with van der Waals surface area (Å²) in [7, 11) is 0. The lowest BCUT2D eigenvalue weighted by Gasteiger charge is -2.07. The number of benzene rings is 1. The molecular formula is C11H9Cl2N3O2. The largest absolute Gasteiger partial charge is 0.482 e. The average molecular weight is 286 g/mol. The summed E-state index contributed by atoms with van der Waals surface area (Å²) in [6.07, 6.45) is 3.06. The summed E-state index contributed by atoms with van der Waals surface area (Å²) in [6, 6.07) is 4.79. The van der Waals surface area contributed by atoms with Gasteiger partial charge in [-0.3, -0.25) is 9.89 Å². The first kappa shape index (κ1) is 12.7. The predicted molar refractivity (Wildman–Crippen MR) is 69.2 cm³/mol. The van der Waals surface area contributed by atoms with Gasteiger partial charge in [-0.05, 0) is 18.2 Å². The van der Waals surface area contributed by atoms with Crippen LogP contribution in [-0.2, 0) is 4.79 Å². The molecule has 0 unspecified atom stereocenters. The van der Waals surface area contributed by atoms with E-state index in [9.17, 15) is 4.79 Å². The van der Waals surface area contributed by atoms with Crippen LogP contribution >= 0.6 is 23.2 Å². The number of nitrogens with zero attached hydrogens (tertiary/aromatic N) is 1. The van der Waals surface area contributed by atoms with E-state index in [4.69, 9.17) is 27.9 Å². The van der Waals surface area contributed by atoms with Crippen molar-refractivity contribution in [2.75, 3.05) is 11.9 Å². The third-order valence-electron chi connectivity index (χ3n) is 2.03. The van der Waals surface area contributed by atoms with E-state index < -0.39 is 0 Å². The predicted octanol–water partition coefficient (Wildman–Crippen LogP) is 2.73. The fourth-order valence-electron chi connectivity index (χ4n) is 1.25. The highest BCUT2D eigenvalue weighted by atomic mass is 35.5. The fourth-order valence-corrected chi connectivity index (χ4v) is 1.71. The molecule has 0 aliphatic carbocycles. The van der Waals surface area contributed by atoms with Crippen LogP contribution in [0.15, 0.2) is 30.6 Å². The molecule has 2 rings (SSSR count). The third-order valence-corrected chi connectivity index (χ3v) is 2.57. The fraction of sp³-hybridized carbons (Fsp3) is 0.0909. The van der Waals surface area contributed by atoms with Crippen molar-refractivity contribution in [3.63, 3.8) is 0 Å². The van der Waals surface area contributed by atoms with Gasteiger partial charge in [0.15, 0.2) is 6.61 Å². The van der Waals surface area contributed by atoms with Crippen molar-refractivity contribution in [3.05, 3.63) is 40.6 Å². The Morgan fingerprint density at radius 2 is 2.28 bits per heavy atom. The van der Waals surface area contributed by atoms with E-state index in [-0.39, 0.29) is 12.5 Å². The van der Waals surface area contributed by atoms with E-state index in [2.05, 4.69) is 15.5 Å². The van der Waals surface area contributed by atoms with Crippen LogP contribution in [0.3, 0.4) is 0 Å². The van der Waals surface area contributed by atoms with Gasteiger partial charge in [-0.15, -0.1) is 0 Å². The number of H-pyrrole nitrogens is 1. The van der Waals surface area contributed by atoms with E-state index in [0.29, 0.717) is 21.5 Å². The Morgan fingerprint density at radius 1 is 1.44 bits per heavy atom. The van der Waals surface area contributed by atoms with Gasteiger partial charge >= 0.3 is 0 Å². The zero-order valence-corrected chi connectivity index (χ0v) is 10.6. The lowest BCUT2D eigenvalue weighted by molar-refractivity contribution is -0.118. The quantitative estimate of drug-likeness (QED) is 0.908. The number of hydrogen-bond acceptors (Lipinski definition) is 3. The zero-order chi connectivity index (χ0) is 13.0. The van der Waals surface area contributed by atoms with Gasteiger partial charge in [0.1, 0.15) is 5.75 Å². The number of hydrogen-bond donors (Lipinski definition) is 2. The number of ether oxygens (including phenoxy) is 1. The maximum atomic E-state index is 11.5. The molecule has 7 heteroatoms. The molecule has 2 N–H and O–H groups in total. The molecule has 0 spiro atoms. The minimum Gasteiger partial charge on any atom is -0.482 e. The molecule has 0 aliphatic heterocycles. The molecule has 94 valence electrons. The standard InChI is InChI=1S/C11H9Cl2N3O2/c12-7-1-2-10(9(13)3-7)18-6-11(17)16-8-4-14-15-5-8/h1-5H,6H2,(H,14,15)(H,16,17). The Morgan fingerprint density at radius 3 is 2.94 bits per heavy atom. The van der Waals surface area contributed by atoms with E-state index >= 15 is 0 Å². The Hall–Kier alpha value is -1.72. The Kier molecular flexibility index (Phi) is 4.07. The molecular weight excluding hydrogens is 277 g/mol. The molecule has 2 aromatic rings. The minimum atomic E-state index is -0.303. The number of aromatic nitrogens is 2. The molecule has 0 fully saturated rings. The highest BCUT2D eigenvalue weighted by Crippen LogP contribution is 2.27. The number of amides is 1. The summed E-state index contributed by atoms with van der Waals surface area (Å²) in [5.74, 6) is 0.103. The molecule has 5 nitrogen and oxygen atoms in total. The first-order valence-electron chi connectivity index (χ1n) is 5.01. The Balaban J connectivity index is 1.89. The minimum absolute atomic E-state index is 0.146. The van der Waals surface area contributed by atoms with E-state index in [1.165, 1.54) is 6.20 Å². The first-order chi connectivity index (χ1) is 8.65. The summed E-state index contributed by atoms with van der Waals surface area (Å²) in [6.45, 7) is -0.146. The monoisotopic (exact) mass is 285 g/mol. The van der Waals surface area contributed by atoms with E-state index in [1.807, 2.05) is 0 Å². The normalized spacial score (nSPS) is 10.1. The van der Waals surface area contributed by atoms with Crippen molar-refractivity contribution in [2.45, 2.75) is 0 Å². The van der Waals surface area contributed by atoms with Crippen molar-refractivity contribution in [3.8, 4) is 5.75 Å². The van der Waals surface area contributed by atoms with Crippen LogP contribution in [0, 0.1) is 0 Å². The van der Waals surface area contributed by atoms with Crippen molar-refractivity contribution < 1.29 is 9.53 Å². The molecule has 0 bridgehead atoms. The number of anilines is 1. The molecule has 0 saturated heterocycles. The van der Waals surface area contributed by atoms with Crippen molar-refractivity contribution >= 4 is 34.8 Å². The van der Waals surface area contributed by atoms with Crippen molar-refractivity contribution in [2.24, 2.45) is 0 Å². The summed E-state index contributed by atoms with van der Waals surface area (Å²) in [5, 5.41) is 9.75. The van der Waals surface area contributed by atoms with Crippen LogP contribution in [0.4, 0.5) is 5.69 Å². The lowest BCUT2D eigenvalue weighted by atomic mass is 10.3. The summed E-state index contributed by atoms with van der Waals surface area (Å²) >= 11 is 11.6. The molecule has 0 aliphatic rings. The molecule has 0 saturated carbocycles. The number of rotatable bonds is 4. The Bertz CT molecular complexity index is 543. The van der Waals surface area contributed by atoms with Gasteiger partial charge in [-0.2, -0.15) is 5.10 Å². The van der Waals surface area contributed by atoms with Gasteiger partial charge in [0.05, 0.1) is 16.9 Å². The van der Waals surface area contributed by atoms with Gasteiger partial charge in [-0.25, -0.2) is 0 Å². The summed E-state index contributed by atoms with van der Waals surface area (Å²) < 4.78 is 5.27. The van der Waals surface area contributed by atoms with Crippen molar-refractivity contribution in [1.29, 1.82) is 0 Å². The maximum Gasteiger partial charge on any atom is 0.262 e. The van der Waals surface area contributed by atoms with Crippen LogP contribution in [-0.4, -0.2) is 22.7 Å². The topological polar surface area (TPSA) is 67.0 Å². The molecule has 1 amide bonds. The maximum absolute atomic E-state index is 11.5. The third kappa shape index (κ3) is 3.38. The molecule has 1 heterocycles. The number of carbonyl (C=O) groups excluding carboxylic acids is 1. The van der Waals surface area contributed by atoms with Gasteiger partial charge in [-0.1, -0.05) is 23.2 Å². The van der Waals surface area contributed by atoms with Crippen LogP contribution in [0.2, 0.25) is 10.0 Å². The SMILES string of the molecule is O=C(COc1ccc(Cl)cc1Cl)Nc1cn[nH]c1. The van der Waals surface area contributed by atoms with E-state index in [1.54, 1.807) is 24.4 Å². The van der Waals surface area contributed by atoms with Crippen LogP contribution in [0.5, 0.6) is 5.75 Å². The summed E-state index contributed by atoms with van der Waals surface area (Å²) in [5.41, 5.74) is 0.575. The molecule has 18 heavy (non-hydrogen) atoms. The van der Waals surface area contributed by atoms with Crippen molar-refractivity contribution in [1.82, 2.24) is 10.2 Å².